The molecule has 2 unspecified atom stereocenters. The van der Waals surface area contributed by atoms with Crippen LogP contribution in [0.2, 0.25) is 0 Å². The summed E-state index contributed by atoms with van der Waals surface area (Å²) in [7, 11) is 0. The molecule has 0 spiro atoms. The van der Waals surface area contributed by atoms with Crippen LogP contribution in [0.4, 0.5) is 0 Å². The number of nitrogens with zero attached hydrogens (tertiary/aromatic N) is 1. The minimum atomic E-state index is 0.524. The van der Waals surface area contributed by atoms with Crippen LogP contribution < -0.4 is 5.73 Å². The van der Waals surface area contributed by atoms with E-state index >= 15 is 0 Å². The minimum Gasteiger partial charge on any atom is -0.387 e. The third kappa shape index (κ3) is 2.99. The van der Waals surface area contributed by atoms with Crippen LogP contribution in [0.1, 0.15) is 64.7 Å². The highest BCUT2D eigenvalue weighted by Crippen LogP contribution is 2.28. The number of aliphatic imine (C=N–C) groups is 1. The van der Waals surface area contributed by atoms with E-state index in [1.807, 2.05) is 0 Å². The standard InChI is InChI=1S/C14H26N2/c1-11-7-5-6-10-13(11)16-14(15)12-8-3-2-4-9-12/h11-13H,2-10H2,1H3,(H2,15,16). The van der Waals surface area contributed by atoms with E-state index < -0.39 is 0 Å². The van der Waals surface area contributed by atoms with Gasteiger partial charge >= 0.3 is 0 Å². The molecule has 0 aromatic rings. The normalized spacial score (nSPS) is 33.9. The van der Waals surface area contributed by atoms with Gasteiger partial charge in [0, 0.05) is 5.92 Å². The van der Waals surface area contributed by atoms with Crippen molar-refractivity contribution in [3.05, 3.63) is 0 Å². The zero-order valence-electron chi connectivity index (χ0n) is 10.6. The van der Waals surface area contributed by atoms with E-state index in [2.05, 4.69) is 6.92 Å². The van der Waals surface area contributed by atoms with E-state index in [-0.39, 0.29) is 0 Å². The number of rotatable bonds is 2. The summed E-state index contributed by atoms with van der Waals surface area (Å²) < 4.78 is 0. The molecule has 2 N–H and O–H groups in total. The Morgan fingerprint density at radius 3 is 2.25 bits per heavy atom. The maximum atomic E-state index is 6.19. The topological polar surface area (TPSA) is 38.4 Å². The van der Waals surface area contributed by atoms with Gasteiger partial charge in [-0.1, -0.05) is 39.0 Å². The van der Waals surface area contributed by atoms with Crippen LogP contribution in [-0.2, 0) is 0 Å². The summed E-state index contributed by atoms with van der Waals surface area (Å²) >= 11 is 0. The second-order valence-electron chi connectivity index (χ2n) is 5.72. The van der Waals surface area contributed by atoms with Crippen molar-refractivity contribution in [2.75, 3.05) is 0 Å². The highest BCUT2D eigenvalue weighted by Gasteiger charge is 2.23. The van der Waals surface area contributed by atoms with Gasteiger partial charge in [-0.3, -0.25) is 4.99 Å². The molecular weight excluding hydrogens is 196 g/mol. The van der Waals surface area contributed by atoms with Crippen molar-refractivity contribution < 1.29 is 0 Å². The summed E-state index contributed by atoms with van der Waals surface area (Å²) in [6.07, 6.45) is 12.0. The highest BCUT2D eigenvalue weighted by atomic mass is 14.9. The van der Waals surface area contributed by atoms with Gasteiger partial charge in [-0.15, -0.1) is 0 Å². The molecule has 2 nitrogen and oxygen atoms in total. The second kappa shape index (κ2) is 5.70. The molecule has 2 heteroatoms. The quantitative estimate of drug-likeness (QED) is 0.563. The molecule has 0 amide bonds. The molecule has 0 aromatic carbocycles. The fraction of sp³-hybridized carbons (Fsp3) is 0.929. The fourth-order valence-corrected chi connectivity index (χ4v) is 3.18. The van der Waals surface area contributed by atoms with Crippen molar-refractivity contribution >= 4 is 5.84 Å². The predicted molar refractivity (Wildman–Crippen MR) is 69.6 cm³/mol. The van der Waals surface area contributed by atoms with Gasteiger partial charge in [-0.05, 0) is 31.6 Å². The Bertz CT molecular complexity index is 241. The van der Waals surface area contributed by atoms with Crippen molar-refractivity contribution in [2.45, 2.75) is 70.8 Å². The number of amidine groups is 1. The lowest BCUT2D eigenvalue weighted by Gasteiger charge is -2.28. The van der Waals surface area contributed by atoms with Gasteiger partial charge in [-0.25, -0.2) is 0 Å². The molecule has 16 heavy (non-hydrogen) atoms. The van der Waals surface area contributed by atoms with E-state index in [9.17, 15) is 0 Å². The second-order valence-corrected chi connectivity index (χ2v) is 5.72. The molecule has 2 saturated carbocycles. The molecule has 0 radical (unpaired) electrons. The molecule has 2 aliphatic carbocycles. The first kappa shape index (κ1) is 11.9. The Balaban J connectivity index is 1.93. The SMILES string of the molecule is CC1CCCCC1N=C(N)C1CCCCC1. The van der Waals surface area contributed by atoms with Crippen molar-refractivity contribution in [3.63, 3.8) is 0 Å². The van der Waals surface area contributed by atoms with Crippen LogP contribution in [0, 0.1) is 11.8 Å². The van der Waals surface area contributed by atoms with E-state index in [4.69, 9.17) is 10.7 Å². The van der Waals surface area contributed by atoms with E-state index in [1.165, 1.54) is 57.8 Å². The number of nitrogens with two attached hydrogens (primary N) is 1. The van der Waals surface area contributed by atoms with Crippen molar-refractivity contribution in [1.82, 2.24) is 0 Å². The Labute approximate surface area is 99.7 Å². The highest BCUT2D eigenvalue weighted by molar-refractivity contribution is 5.83. The molecule has 0 bridgehead atoms. The maximum Gasteiger partial charge on any atom is 0.0971 e. The molecule has 2 atom stereocenters. The van der Waals surface area contributed by atoms with Crippen LogP contribution in [0.5, 0.6) is 0 Å². The van der Waals surface area contributed by atoms with Gasteiger partial charge in [0.1, 0.15) is 0 Å². The van der Waals surface area contributed by atoms with Gasteiger partial charge in [0.05, 0.1) is 11.9 Å². The lowest BCUT2D eigenvalue weighted by atomic mass is 9.85. The largest absolute Gasteiger partial charge is 0.387 e. The first-order valence-electron chi connectivity index (χ1n) is 7.10. The Hall–Kier alpha value is -0.530. The van der Waals surface area contributed by atoms with Crippen molar-refractivity contribution in [3.8, 4) is 0 Å². The minimum absolute atomic E-state index is 0.524. The van der Waals surface area contributed by atoms with Crippen LogP contribution in [0.15, 0.2) is 4.99 Å². The third-order valence-electron chi connectivity index (χ3n) is 4.40. The fourth-order valence-electron chi connectivity index (χ4n) is 3.18. The summed E-state index contributed by atoms with van der Waals surface area (Å²) in [6.45, 7) is 2.33. The molecule has 2 aliphatic rings. The van der Waals surface area contributed by atoms with Crippen molar-refractivity contribution in [1.29, 1.82) is 0 Å². The molecule has 0 saturated heterocycles. The first-order chi connectivity index (χ1) is 7.77. The van der Waals surface area contributed by atoms with Gasteiger partial charge in [0.2, 0.25) is 0 Å². The molecule has 0 aromatic heterocycles. The Morgan fingerprint density at radius 1 is 0.938 bits per heavy atom. The van der Waals surface area contributed by atoms with E-state index in [1.54, 1.807) is 0 Å². The average Bonchev–Trinajstić information content (AvgIpc) is 2.33. The van der Waals surface area contributed by atoms with Crippen molar-refractivity contribution in [2.24, 2.45) is 22.6 Å². The summed E-state index contributed by atoms with van der Waals surface area (Å²) in [5, 5.41) is 0. The van der Waals surface area contributed by atoms with E-state index in [0.29, 0.717) is 12.0 Å². The molecule has 0 heterocycles. The van der Waals surface area contributed by atoms with Crippen LogP contribution in [0.25, 0.3) is 0 Å². The molecule has 0 aliphatic heterocycles. The monoisotopic (exact) mass is 222 g/mol. The average molecular weight is 222 g/mol. The summed E-state index contributed by atoms with van der Waals surface area (Å²) in [6, 6.07) is 0.524. The lowest BCUT2D eigenvalue weighted by molar-refractivity contribution is 0.330. The van der Waals surface area contributed by atoms with Gasteiger partial charge < -0.3 is 5.73 Å². The molecule has 2 fully saturated rings. The molecule has 2 rings (SSSR count). The zero-order chi connectivity index (χ0) is 11.4. The first-order valence-corrected chi connectivity index (χ1v) is 7.10. The Morgan fingerprint density at radius 2 is 1.56 bits per heavy atom. The molecule has 92 valence electrons. The number of hydrogen-bond donors (Lipinski definition) is 1. The predicted octanol–water partition coefficient (Wildman–Crippen LogP) is 3.50. The van der Waals surface area contributed by atoms with Gasteiger partial charge in [0.25, 0.3) is 0 Å². The number of hydrogen-bond acceptors (Lipinski definition) is 1. The van der Waals surface area contributed by atoms with E-state index in [0.717, 1.165) is 11.8 Å². The molecular formula is C14H26N2. The third-order valence-corrected chi connectivity index (χ3v) is 4.40. The van der Waals surface area contributed by atoms with Gasteiger partial charge in [0.15, 0.2) is 0 Å². The van der Waals surface area contributed by atoms with Gasteiger partial charge in [-0.2, -0.15) is 0 Å². The maximum absolute atomic E-state index is 6.19. The summed E-state index contributed by atoms with van der Waals surface area (Å²) in [5.74, 6) is 2.32. The smallest absolute Gasteiger partial charge is 0.0971 e. The summed E-state index contributed by atoms with van der Waals surface area (Å²) in [4.78, 5) is 4.84. The lowest BCUT2D eigenvalue weighted by Crippen LogP contribution is -2.30. The van der Waals surface area contributed by atoms with Crippen LogP contribution in [-0.4, -0.2) is 11.9 Å². The van der Waals surface area contributed by atoms with Crippen LogP contribution >= 0.6 is 0 Å². The summed E-state index contributed by atoms with van der Waals surface area (Å²) in [5.41, 5.74) is 6.19. The van der Waals surface area contributed by atoms with Crippen LogP contribution in [0.3, 0.4) is 0 Å². The Kier molecular flexibility index (Phi) is 4.25. The zero-order valence-corrected chi connectivity index (χ0v) is 10.6.